The van der Waals surface area contributed by atoms with E-state index < -0.39 is 15.8 Å². The van der Waals surface area contributed by atoms with Crippen molar-refractivity contribution in [1.82, 2.24) is 0 Å². The highest BCUT2D eigenvalue weighted by atomic mass is 32.2. The summed E-state index contributed by atoms with van der Waals surface area (Å²) in [4.78, 5) is -0.251. The number of aryl methyl sites for hydroxylation is 1. The second-order valence-electron chi connectivity index (χ2n) is 4.46. The van der Waals surface area contributed by atoms with E-state index in [0.717, 1.165) is 0 Å². The highest BCUT2D eigenvalue weighted by Gasteiger charge is 2.20. The summed E-state index contributed by atoms with van der Waals surface area (Å²) in [5, 5.41) is 8.99. The number of anilines is 2. The summed E-state index contributed by atoms with van der Waals surface area (Å²) in [5.41, 5.74) is 6.17. The van der Waals surface area contributed by atoms with Gasteiger partial charge in [-0.2, -0.15) is 5.26 Å². The van der Waals surface area contributed by atoms with Crippen molar-refractivity contribution in [2.45, 2.75) is 11.8 Å². The van der Waals surface area contributed by atoms with Gasteiger partial charge in [0.25, 0.3) is 10.0 Å². The Balaban J connectivity index is 2.46. The minimum absolute atomic E-state index is 0.102. The summed E-state index contributed by atoms with van der Waals surface area (Å²) < 4.78 is 40.4. The molecule has 3 N–H and O–H groups in total. The largest absolute Gasteiger partial charge is 0.399 e. The molecule has 2 aromatic carbocycles. The van der Waals surface area contributed by atoms with Crippen molar-refractivity contribution in [1.29, 1.82) is 5.26 Å². The van der Waals surface area contributed by atoms with Crippen LogP contribution in [0.15, 0.2) is 41.3 Å². The molecule has 0 aliphatic heterocycles. The maximum Gasteiger partial charge on any atom is 0.263 e. The predicted octanol–water partition coefficient (Wildman–Crippen LogP) is 2.39. The van der Waals surface area contributed by atoms with Crippen LogP contribution in [0.25, 0.3) is 0 Å². The van der Waals surface area contributed by atoms with Crippen molar-refractivity contribution >= 4 is 21.4 Å². The second kappa shape index (κ2) is 5.42. The first kappa shape index (κ1) is 14.8. The molecular formula is C14H12FN3O2S. The summed E-state index contributed by atoms with van der Waals surface area (Å²) in [5.74, 6) is -0.687. The Morgan fingerprint density at radius 2 is 1.95 bits per heavy atom. The molecule has 0 saturated carbocycles. The maximum absolute atomic E-state index is 13.7. The SMILES string of the molecule is Cc1ccc(NS(=O)(=O)c2ccc(N)cc2C#N)c(F)c1. The van der Waals surface area contributed by atoms with Gasteiger partial charge in [0.2, 0.25) is 0 Å². The van der Waals surface area contributed by atoms with Gasteiger partial charge in [-0.15, -0.1) is 0 Å². The lowest BCUT2D eigenvalue weighted by Gasteiger charge is -2.11. The summed E-state index contributed by atoms with van der Waals surface area (Å²) in [6, 6.07) is 9.70. The number of hydrogen-bond donors (Lipinski definition) is 2. The maximum atomic E-state index is 13.7. The molecule has 2 aromatic rings. The van der Waals surface area contributed by atoms with Gasteiger partial charge in [-0.25, -0.2) is 12.8 Å². The highest BCUT2D eigenvalue weighted by molar-refractivity contribution is 7.92. The molecule has 0 bridgehead atoms. The molecule has 2 rings (SSSR count). The summed E-state index contributed by atoms with van der Waals surface area (Å²) in [7, 11) is -4.08. The lowest BCUT2D eigenvalue weighted by Crippen LogP contribution is -2.15. The molecule has 0 radical (unpaired) electrons. The van der Waals surface area contributed by atoms with Gasteiger partial charge < -0.3 is 5.73 Å². The lowest BCUT2D eigenvalue weighted by molar-refractivity contribution is 0.598. The van der Waals surface area contributed by atoms with Gasteiger partial charge in [-0.1, -0.05) is 6.07 Å². The number of nitrogens with zero attached hydrogens (tertiary/aromatic N) is 1. The smallest absolute Gasteiger partial charge is 0.263 e. The Morgan fingerprint density at radius 3 is 2.57 bits per heavy atom. The van der Waals surface area contributed by atoms with Gasteiger partial charge in [0.15, 0.2) is 0 Å². The number of halogens is 1. The standard InChI is InChI=1S/C14H12FN3O2S/c1-9-2-4-13(12(15)6-9)18-21(19,20)14-5-3-11(17)7-10(14)8-16/h2-7,18H,17H2,1H3. The van der Waals surface area contributed by atoms with E-state index >= 15 is 0 Å². The molecule has 0 unspecified atom stereocenters. The average Bonchev–Trinajstić information content (AvgIpc) is 2.41. The normalized spacial score (nSPS) is 10.9. The van der Waals surface area contributed by atoms with E-state index in [0.29, 0.717) is 5.56 Å². The van der Waals surface area contributed by atoms with E-state index in [-0.39, 0.29) is 21.8 Å². The fourth-order valence-electron chi connectivity index (χ4n) is 1.77. The molecule has 0 aromatic heterocycles. The average molecular weight is 305 g/mol. The minimum Gasteiger partial charge on any atom is -0.399 e. The molecule has 0 atom stereocenters. The van der Waals surface area contributed by atoms with Crippen LogP contribution in [0, 0.1) is 24.1 Å². The number of sulfonamides is 1. The van der Waals surface area contributed by atoms with Crippen LogP contribution in [0.2, 0.25) is 0 Å². The Kier molecular flexibility index (Phi) is 3.82. The van der Waals surface area contributed by atoms with Crippen molar-refractivity contribution < 1.29 is 12.8 Å². The van der Waals surface area contributed by atoms with E-state index in [1.54, 1.807) is 19.1 Å². The Morgan fingerprint density at radius 1 is 1.24 bits per heavy atom. The lowest BCUT2D eigenvalue weighted by atomic mass is 10.2. The first-order valence-corrected chi connectivity index (χ1v) is 7.40. The third kappa shape index (κ3) is 3.12. The molecule has 5 nitrogen and oxygen atoms in total. The van der Waals surface area contributed by atoms with Gasteiger partial charge in [0.1, 0.15) is 16.8 Å². The monoisotopic (exact) mass is 305 g/mol. The van der Waals surface area contributed by atoms with Gasteiger partial charge >= 0.3 is 0 Å². The van der Waals surface area contributed by atoms with Crippen LogP contribution in [0.1, 0.15) is 11.1 Å². The zero-order chi connectivity index (χ0) is 15.6. The van der Waals surface area contributed by atoms with Crippen LogP contribution >= 0.6 is 0 Å². The van der Waals surface area contributed by atoms with Crippen molar-refractivity contribution in [3.63, 3.8) is 0 Å². The van der Waals surface area contributed by atoms with Crippen molar-refractivity contribution in [3.05, 3.63) is 53.3 Å². The van der Waals surface area contributed by atoms with Crippen molar-refractivity contribution in [3.8, 4) is 6.07 Å². The minimum atomic E-state index is -4.08. The summed E-state index contributed by atoms with van der Waals surface area (Å²) in [6.45, 7) is 1.69. The van der Waals surface area contributed by atoms with Crippen LogP contribution in [0.3, 0.4) is 0 Å². The molecule has 0 amide bonds. The molecule has 0 aliphatic rings. The number of benzene rings is 2. The predicted molar refractivity (Wildman–Crippen MR) is 77.5 cm³/mol. The molecule has 0 heterocycles. The summed E-state index contributed by atoms with van der Waals surface area (Å²) in [6.07, 6.45) is 0. The van der Waals surface area contributed by atoms with Gasteiger partial charge in [-0.05, 0) is 42.8 Å². The quantitative estimate of drug-likeness (QED) is 0.851. The van der Waals surface area contributed by atoms with Crippen molar-refractivity contribution in [2.24, 2.45) is 0 Å². The number of nitrogens with one attached hydrogen (secondary N) is 1. The first-order valence-electron chi connectivity index (χ1n) is 5.92. The number of rotatable bonds is 3. The molecular weight excluding hydrogens is 293 g/mol. The third-order valence-electron chi connectivity index (χ3n) is 2.78. The molecule has 0 saturated heterocycles. The van der Waals surface area contributed by atoms with Crippen LogP contribution in [0.4, 0.5) is 15.8 Å². The molecule has 7 heteroatoms. The number of nitriles is 1. The van der Waals surface area contributed by atoms with E-state index in [2.05, 4.69) is 4.72 Å². The van der Waals surface area contributed by atoms with Crippen LogP contribution in [-0.2, 0) is 10.0 Å². The van der Waals surface area contributed by atoms with Gasteiger partial charge in [0, 0.05) is 5.69 Å². The topological polar surface area (TPSA) is 96.0 Å². The number of hydrogen-bond acceptors (Lipinski definition) is 4. The second-order valence-corrected chi connectivity index (χ2v) is 6.11. The van der Waals surface area contributed by atoms with Gasteiger partial charge in [0.05, 0.1) is 11.3 Å². The Bertz CT molecular complexity index is 842. The van der Waals surface area contributed by atoms with E-state index in [4.69, 9.17) is 11.0 Å². The van der Waals surface area contributed by atoms with Crippen LogP contribution in [-0.4, -0.2) is 8.42 Å². The highest BCUT2D eigenvalue weighted by Crippen LogP contribution is 2.23. The molecule has 21 heavy (non-hydrogen) atoms. The van der Waals surface area contributed by atoms with Crippen LogP contribution < -0.4 is 10.5 Å². The summed E-state index contributed by atoms with van der Waals surface area (Å²) >= 11 is 0. The number of nitrogens with two attached hydrogens (primary N) is 1. The molecule has 108 valence electrons. The van der Waals surface area contributed by atoms with Crippen LogP contribution in [0.5, 0.6) is 0 Å². The Labute approximate surface area is 121 Å². The molecule has 0 spiro atoms. The fourth-order valence-corrected chi connectivity index (χ4v) is 2.98. The van der Waals surface area contributed by atoms with Crippen molar-refractivity contribution in [2.75, 3.05) is 10.5 Å². The Hall–Kier alpha value is -2.59. The van der Waals surface area contributed by atoms with E-state index in [9.17, 15) is 12.8 Å². The van der Waals surface area contributed by atoms with Gasteiger partial charge in [-0.3, -0.25) is 4.72 Å². The zero-order valence-corrected chi connectivity index (χ0v) is 11.9. The zero-order valence-electron chi connectivity index (χ0n) is 11.1. The fraction of sp³-hybridized carbons (Fsp3) is 0.0714. The third-order valence-corrected chi connectivity index (χ3v) is 4.21. The van der Waals surface area contributed by atoms with E-state index in [1.807, 2.05) is 0 Å². The first-order chi connectivity index (χ1) is 9.83. The molecule has 0 fully saturated rings. The molecule has 0 aliphatic carbocycles. The number of nitrogen functional groups attached to an aromatic ring is 1. The van der Waals surface area contributed by atoms with E-state index in [1.165, 1.54) is 30.3 Å².